The first-order valence-electron chi connectivity index (χ1n) is 14.1. The fourth-order valence-electron chi connectivity index (χ4n) is 6.52. The van der Waals surface area contributed by atoms with Crippen molar-refractivity contribution in [1.82, 2.24) is 29.9 Å². The minimum atomic E-state index is -0.333. The number of carbonyl (C=O) groups is 2. The summed E-state index contributed by atoms with van der Waals surface area (Å²) in [6.07, 6.45) is 6.01. The van der Waals surface area contributed by atoms with Crippen LogP contribution in [0.15, 0.2) is 35.3 Å². The van der Waals surface area contributed by atoms with Gasteiger partial charge in [0.15, 0.2) is 5.65 Å². The van der Waals surface area contributed by atoms with Crippen LogP contribution in [0, 0.1) is 11.3 Å². The Morgan fingerprint density at radius 3 is 2.67 bits per heavy atom. The predicted octanol–water partition coefficient (Wildman–Crippen LogP) is 2.64. The largest absolute Gasteiger partial charge is 0.356 e. The Morgan fingerprint density at radius 2 is 1.93 bits per heavy atom. The summed E-state index contributed by atoms with van der Waals surface area (Å²) in [4.78, 5) is 53.8. The third kappa shape index (κ3) is 4.32. The molecular weight excluding hydrogens is 526 g/mol. The Hall–Kier alpha value is -3.57. The number of carbonyl (C=O) groups excluding carboxylic acids is 2. The van der Waals surface area contributed by atoms with Crippen molar-refractivity contribution in [3.05, 3.63) is 46.2 Å². The molecule has 208 valence electrons. The molecular formula is C29H33N7O3S. The second-order valence-electron chi connectivity index (χ2n) is 11.7. The molecule has 0 radical (unpaired) electrons. The van der Waals surface area contributed by atoms with Crippen molar-refractivity contribution in [3.63, 3.8) is 0 Å². The van der Waals surface area contributed by atoms with Gasteiger partial charge in [0.1, 0.15) is 10.4 Å². The molecule has 3 fully saturated rings. The molecule has 1 aromatic carbocycles. The highest BCUT2D eigenvalue weighted by Gasteiger charge is 2.41. The van der Waals surface area contributed by atoms with Crippen molar-refractivity contribution in [2.75, 3.05) is 51.2 Å². The molecule has 3 aliphatic heterocycles. The Balaban J connectivity index is 1.26. The van der Waals surface area contributed by atoms with Crippen molar-refractivity contribution in [3.8, 4) is 0 Å². The fraction of sp³-hybridized carbons (Fsp3) is 0.483. The fourth-order valence-corrected chi connectivity index (χ4v) is 7.70. The van der Waals surface area contributed by atoms with Crippen molar-refractivity contribution in [2.45, 2.75) is 32.1 Å². The number of fused-ring (bicyclic) bond motifs is 5. The molecule has 2 N–H and O–H groups in total. The molecule has 4 aromatic rings. The van der Waals surface area contributed by atoms with E-state index in [1.165, 1.54) is 11.3 Å². The highest BCUT2D eigenvalue weighted by molar-refractivity contribution is 7.24. The van der Waals surface area contributed by atoms with Crippen LogP contribution in [0.5, 0.6) is 0 Å². The first kappa shape index (κ1) is 25.4. The Bertz CT molecular complexity index is 1700. The molecule has 3 aliphatic rings. The van der Waals surface area contributed by atoms with Gasteiger partial charge < -0.3 is 20.4 Å². The van der Waals surface area contributed by atoms with Gasteiger partial charge in [0.2, 0.25) is 17.3 Å². The van der Waals surface area contributed by atoms with E-state index < -0.39 is 0 Å². The number of pyridine rings is 1. The van der Waals surface area contributed by atoms with E-state index in [1.807, 2.05) is 28.7 Å². The summed E-state index contributed by atoms with van der Waals surface area (Å²) in [5.41, 5.74) is 1.29. The summed E-state index contributed by atoms with van der Waals surface area (Å²) >= 11 is 1.44. The number of nitrogens with one attached hydrogen (secondary N) is 2. The third-order valence-electron chi connectivity index (χ3n) is 9.09. The molecule has 1 spiro atoms. The normalized spacial score (nSPS) is 20.1. The molecule has 10 nitrogen and oxygen atoms in total. The Kier molecular flexibility index (Phi) is 6.23. The van der Waals surface area contributed by atoms with Gasteiger partial charge in [-0.3, -0.25) is 18.8 Å². The molecule has 3 aromatic heterocycles. The molecule has 0 bridgehead atoms. The zero-order valence-corrected chi connectivity index (χ0v) is 23.4. The first-order chi connectivity index (χ1) is 19.4. The van der Waals surface area contributed by atoms with Crippen LogP contribution in [0.4, 0.5) is 5.95 Å². The predicted molar refractivity (Wildman–Crippen MR) is 156 cm³/mol. The lowest BCUT2D eigenvalue weighted by atomic mass is 9.78. The van der Waals surface area contributed by atoms with Crippen LogP contribution in [0.1, 0.15) is 42.5 Å². The van der Waals surface area contributed by atoms with Gasteiger partial charge >= 0.3 is 0 Å². The zero-order chi connectivity index (χ0) is 27.4. The molecule has 0 atom stereocenters. The van der Waals surface area contributed by atoms with E-state index >= 15 is 0 Å². The molecule has 40 heavy (non-hydrogen) atoms. The van der Waals surface area contributed by atoms with Crippen LogP contribution >= 0.6 is 11.3 Å². The molecule has 2 amide bonds. The van der Waals surface area contributed by atoms with Gasteiger partial charge in [0.25, 0.3) is 5.91 Å². The number of aromatic nitrogens is 3. The lowest BCUT2D eigenvalue weighted by Gasteiger charge is -2.38. The van der Waals surface area contributed by atoms with E-state index in [1.54, 1.807) is 6.20 Å². The van der Waals surface area contributed by atoms with E-state index in [-0.39, 0.29) is 28.2 Å². The summed E-state index contributed by atoms with van der Waals surface area (Å²) in [7, 11) is 2.12. The minimum Gasteiger partial charge on any atom is -0.356 e. The van der Waals surface area contributed by atoms with Gasteiger partial charge in [0, 0.05) is 38.8 Å². The number of amides is 2. The standard InChI is InChI=1S/C29H33N7O3S/c1-34-10-6-18(7-11-34)15-30-26(39)23-24(38)19-16-31-28(35-12-8-29(9-13-35)14-22(37)32-17-29)33-25(19)36-20-4-2-3-5-21(20)40-27(23)36/h2-5,16,18H,6-15,17H2,1H3,(H,30,39)(H,32,37). The summed E-state index contributed by atoms with van der Waals surface area (Å²) in [6, 6.07) is 7.93. The maximum Gasteiger partial charge on any atom is 0.258 e. The van der Waals surface area contributed by atoms with Gasteiger partial charge in [-0.15, -0.1) is 11.3 Å². The van der Waals surface area contributed by atoms with E-state index in [9.17, 15) is 14.4 Å². The van der Waals surface area contributed by atoms with Crippen LogP contribution in [0.3, 0.4) is 0 Å². The maximum absolute atomic E-state index is 13.8. The van der Waals surface area contributed by atoms with Crippen LogP contribution in [-0.2, 0) is 4.79 Å². The number of benzene rings is 1. The van der Waals surface area contributed by atoms with Crippen LogP contribution in [0.2, 0.25) is 0 Å². The zero-order valence-electron chi connectivity index (χ0n) is 22.6. The van der Waals surface area contributed by atoms with Crippen LogP contribution in [0.25, 0.3) is 26.1 Å². The molecule has 11 heteroatoms. The third-order valence-corrected chi connectivity index (χ3v) is 10.2. The van der Waals surface area contributed by atoms with Crippen molar-refractivity contribution in [2.24, 2.45) is 11.3 Å². The highest BCUT2D eigenvalue weighted by Crippen LogP contribution is 2.38. The summed E-state index contributed by atoms with van der Waals surface area (Å²) in [5, 5.41) is 6.40. The van der Waals surface area contributed by atoms with Gasteiger partial charge in [0.05, 0.1) is 15.6 Å². The van der Waals surface area contributed by atoms with E-state index in [0.29, 0.717) is 40.7 Å². The molecule has 6 heterocycles. The van der Waals surface area contributed by atoms with Gasteiger partial charge in [-0.25, -0.2) is 4.98 Å². The lowest BCUT2D eigenvalue weighted by molar-refractivity contribution is -0.119. The second kappa shape index (κ2) is 9.81. The van der Waals surface area contributed by atoms with Gasteiger partial charge in [-0.2, -0.15) is 4.98 Å². The van der Waals surface area contributed by atoms with Gasteiger partial charge in [-0.05, 0) is 69.3 Å². The molecule has 3 saturated heterocycles. The number of para-hydroxylation sites is 1. The second-order valence-corrected chi connectivity index (χ2v) is 12.7. The maximum atomic E-state index is 13.8. The Morgan fingerprint density at radius 1 is 1.15 bits per heavy atom. The molecule has 0 unspecified atom stereocenters. The first-order valence-corrected chi connectivity index (χ1v) is 14.9. The van der Waals surface area contributed by atoms with Crippen LogP contribution < -0.4 is 21.0 Å². The van der Waals surface area contributed by atoms with Crippen LogP contribution in [-0.4, -0.2) is 77.4 Å². The van der Waals surface area contributed by atoms with Crippen molar-refractivity contribution < 1.29 is 9.59 Å². The molecule has 0 saturated carbocycles. The summed E-state index contributed by atoms with van der Waals surface area (Å²) in [6.45, 7) is 4.84. The van der Waals surface area contributed by atoms with Crippen molar-refractivity contribution >= 4 is 55.2 Å². The topological polar surface area (TPSA) is 112 Å². The smallest absolute Gasteiger partial charge is 0.258 e. The molecule has 0 aliphatic carbocycles. The lowest BCUT2D eigenvalue weighted by Crippen LogP contribution is -2.42. The molecule has 7 rings (SSSR count). The number of nitrogens with zero attached hydrogens (tertiary/aromatic N) is 5. The number of hydrogen-bond acceptors (Lipinski definition) is 8. The Labute approximate surface area is 235 Å². The average molecular weight is 560 g/mol. The van der Waals surface area contributed by atoms with E-state index in [2.05, 4.69) is 32.5 Å². The van der Waals surface area contributed by atoms with Gasteiger partial charge in [-0.1, -0.05) is 12.1 Å². The minimum absolute atomic E-state index is 0.0218. The number of hydrogen-bond donors (Lipinski definition) is 2. The van der Waals surface area contributed by atoms with Crippen molar-refractivity contribution in [1.29, 1.82) is 0 Å². The number of anilines is 1. The summed E-state index contributed by atoms with van der Waals surface area (Å²) in [5.74, 6) is 0.782. The number of piperidine rings is 2. The number of rotatable bonds is 4. The van der Waals surface area contributed by atoms with E-state index in [4.69, 9.17) is 4.98 Å². The monoisotopic (exact) mass is 559 g/mol. The summed E-state index contributed by atoms with van der Waals surface area (Å²) < 4.78 is 2.94. The SMILES string of the molecule is CN1CCC(CNC(=O)c2c(=O)c3cnc(N4CCC5(CC4)CNC(=O)C5)nc3n3c2sc2ccccc23)CC1. The number of thiazole rings is 1. The number of likely N-dealkylation sites (tertiary alicyclic amines) is 1. The van der Waals surface area contributed by atoms with E-state index in [0.717, 1.165) is 68.6 Å². The average Bonchev–Trinajstić information content (AvgIpc) is 3.53. The highest BCUT2D eigenvalue weighted by atomic mass is 32.1. The quantitative estimate of drug-likeness (QED) is 0.395.